The number of halogens is 1. The molecule has 0 spiro atoms. The van der Waals surface area contributed by atoms with Crippen LogP contribution in [0.25, 0.3) is 10.2 Å². The number of hydrogen-bond acceptors (Lipinski definition) is 6. The van der Waals surface area contributed by atoms with Crippen molar-refractivity contribution in [3.8, 4) is 0 Å². The first-order valence-electron chi connectivity index (χ1n) is 10.5. The fraction of sp³-hybridized carbons (Fsp3) is 0.391. The van der Waals surface area contributed by atoms with E-state index in [9.17, 15) is 13.2 Å². The Kier molecular flexibility index (Phi) is 8.27. The molecular weight excluding hydrogens is 466 g/mol. The second-order valence-corrected chi connectivity index (χ2v) is 11.4. The van der Waals surface area contributed by atoms with Crippen molar-refractivity contribution >= 4 is 54.0 Å². The summed E-state index contributed by atoms with van der Waals surface area (Å²) in [5, 5.41) is 1.08. The fourth-order valence-electron chi connectivity index (χ4n) is 3.28. The number of benzene rings is 2. The van der Waals surface area contributed by atoms with E-state index in [0.29, 0.717) is 16.7 Å². The second-order valence-electron chi connectivity index (χ2n) is 7.88. The summed E-state index contributed by atoms with van der Waals surface area (Å²) in [6.45, 7) is 3.40. The Labute approximate surface area is 198 Å². The SMILES string of the molecule is CCc1ccc2nc(N(CCCN(C)C)C(=O)CCS(=O)(=O)c3ccc(Cl)cc3)sc2c1. The summed E-state index contributed by atoms with van der Waals surface area (Å²) < 4.78 is 26.4. The maximum atomic E-state index is 13.1. The summed E-state index contributed by atoms with van der Waals surface area (Å²) in [5.74, 6) is -0.501. The number of anilines is 1. The standard InChI is InChI=1S/C23H28ClN3O3S2/c1-4-17-6-11-20-21(16-17)31-23(25-20)27(14-5-13-26(2)3)22(28)12-15-32(29,30)19-9-7-18(24)8-10-19/h6-11,16H,4-5,12-15H2,1-3H3. The molecule has 0 atom stereocenters. The number of carbonyl (C=O) groups is 1. The van der Waals surface area contributed by atoms with Gasteiger partial charge >= 0.3 is 0 Å². The van der Waals surface area contributed by atoms with Crippen molar-refractivity contribution in [2.75, 3.05) is 37.8 Å². The lowest BCUT2D eigenvalue weighted by Crippen LogP contribution is -2.34. The first-order valence-corrected chi connectivity index (χ1v) is 13.4. The van der Waals surface area contributed by atoms with Gasteiger partial charge in [-0.2, -0.15) is 0 Å². The van der Waals surface area contributed by atoms with Crippen LogP contribution in [0.1, 0.15) is 25.3 Å². The zero-order valence-corrected chi connectivity index (χ0v) is 20.9. The fourth-order valence-corrected chi connectivity index (χ4v) is 5.71. The van der Waals surface area contributed by atoms with Crippen LogP contribution in [0.4, 0.5) is 5.13 Å². The van der Waals surface area contributed by atoms with Crippen molar-refractivity contribution < 1.29 is 13.2 Å². The van der Waals surface area contributed by atoms with Gasteiger partial charge in [0.2, 0.25) is 5.91 Å². The molecule has 32 heavy (non-hydrogen) atoms. The lowest BCUT2D eigenvalue weighted by molar-refractivity contribution is -0.118. The van der Waals surface area contributed by atoms with Gasteiger partial charge in [-0.15, -0.1) is 0 Å². The average Bonchev–Trinajstić information content (AvgIpc) is 3.18. The smallest absolute Gasteiger partial charge is 0.229 e. The van der Waals surface area contributed by atoms with Crippen LogP contribution in [0, 0.1) is 0 Å². The maximum absolute atomic E-state index is 13.1. The van der Waals surface area contributed by atoms with Crippen molar-refractivity contribution in [1.82, 2.24) is 9.88 Å². The van der Waals surface area contributed by atoms with E-state index < -0.39 is 9.84 Å². The zero-order valence-electron chi connectivity index (χ0n) is 18.5. The summed E-state index contributed by atoms with van der Waals surface area (Å²) in [6, 6.07) is 12.1. The number of aromatic nitrogens is 1. The Balaban J connectivity index is 1.80. The zero-order chi connectivity index (χ0) is 23.3. The van der Waals surface area contributed by atoms with Gasteiger partial charge in [-0.05, 0) is 75.4 Å². The highest BCUT2D eigenvalue weighted by Gasteiger charge is 2.23. The summed E-state index contributed by atoms with van der Waals surface area (Å²) >= 11 is 7.33. The molecule has 0 unspecified atom stereocenters. The molecule has 9 heteroatoms. The van der Waals surface area contributed by atoms with E-state index in [-0.39, 0.29) is 23.0 Å². The van der Waals surface area contributed by atoms with E-state index in [1.165, 1.54) is 41.2 Å². The van der Waals surface area contributed by atoms with E-state index in [4.69, 9.17) is 11.6 Å². The molecule has 0 saturated heterocycles. The van der Waals surface area contributed by atoms with Crippen LogP contribution < -0.4 is 4.90 Å². The van der Waals surface area contributed by atoms with Crippen molar-refractivity contribution in [2.24, 2.45) is 0 Å². The highest BCUT2D eigenvalue weighted by molar-refractivity contribution is 7.91. The number of nitrogens with zero attached hydrogens (tertiary/aromatic N) is 3. The molecule has 0 radical (unpaired) electrons. The number of rotatable bonds is 10. The van der Waals surface area contributed by atoms with Gasteiger partial charge in [0, 0.05) is 18.0 Å². The van der Waals surface area contributed by atoms with Crippen molar-refractivity contribution in [1.29, 1.82) is 0 Å². The van der Waals surface area contributed by atoms with Crippen LogP contribution in [0.5, 0.6) is 0 Å². The molecule has 0 N–H and O–H groups in total. The molecule has 0 aliphatic carbocycles. The predicted molar refractivity (Wildman–Crippen MR) is 133 cm³/mol. The number of thiazole rings is 1. The van der Waals surface area contributed by atoms with Gasteiger partial charge in [-0.25, -0.2) is 13.4 Å². The van der Waals surface area contributed by atoms with Crippen molar-refractivity contribution in [3.05, 3.63) is 53.1 Å². The second kappa shape index (κ2) is 10.7. The molecule has 0 bridgehead atoms. The molecule has 3 rings (SSSR count). The molecular formula is C23H28ClN3O3S2. The molecule has 2 aromatic carbocycles. The van der Waals surface area contributed by atoms with Gasteiger partial charge in [0.25, 0.3) is 0 Å². The van der Waals surface area contributed by atoms with Crippen molar-refractivity contribution in [3.63, 3.8) is 0 Å². The highest BCUT2D eigenvalue weighted by atomic mass is 35.5. The van der Waals surface area contributed by atoms with Crippen LogP contribution in [-0.4, -0.2) is 57.1 Å². The van der Waals surface area contributed by atoms with Gasteiger partial charge in [0.05, 0.1) is 20.9 Å². The minimum Gasteiger partial charge on any atom is -0.309 e. The molecule has 0 saturated carbocycles. The van der Waals surface area contributed by atoms with Crippen LogP contribution in [0.15, 0.2) is 47.4 Å². The van der Waals surface area contributed by atoms with Crippen molar-refractivity contribution in [2.45, 2.75) is 31.1 Å². The van der Waals surface area contributed by atoms with E-state index >= 15 is 0 Å². The summed E-state index contributed by atoms with van der Waals surface area (Å²) in [4.78, 5) is 21.7. The Morgan fingerprint density at radius 2 is 1.81 bits per heavy atom. The minimum atomic E-state index is -3.59. The van der Waals surface area contributed by atoms with E-state index in [1.54, 1.807) is 4.90 Å². The third-order valence-electron chi connectivity index (χ3n) is 5.13. The topological polar surface area (TPSA) is 70.6 Å². The first-order chi connectivity index (χ1) is 15.2. The van der Waals surface area contributed by atoms with Crippen LogP contribution in [-0.2, 0) is 21.1 Å². The lowest BCUT2D eigenvalue weighted by Gasteiger charge is -2.21. The quantitative estimate of drug-likeness (QED) is 0.410. The van der Waals surface area contributed by atoms with Gasteiger partial charge in [-0.1, -0.05) is 35.9 Å². The number of fused-ring (bicyclic) bond motifs is 1. The summed E-state index contributed by atoms with van der Waals surface area (Å²) in [6.07, 6.45) is 1.58. The number of sulfone groups is 1. The Morgan fingerprint density at radius 1 is 1.09 bits per heavy atom. The minimum absolute atomic E-state index is 0.108. The molecule has 1 amide bonds. The highest BCUT2D eigenvalue weighted by Crippen LogP contribution is 2.30. The monoisotopic (exact) mass is 493 g/mol. The van der Waals surface area contributed by atoms with Crippen LogP contribution >= 0.6 is 22.9 Å². The number of hydrogen-bond donors (Lipinski definition) is 0. The Morgan fingerprint density at radius 3 is 2.47 bits per heavy atom. The molecule has 6 nitrogen and oxygen atoms in total. The normalized spacial score (nSPS) is 11.9. The predicted octanol–water partition coefficient (Wildman–Crippen LogP) is 4.66. The van der Waals surface area contributed by atoms with Gasteiger partial charge in [0.1, 0.15) is 0 Å². The molecule has 0 fully saturated rings. The van der Waals surface area contributed by atoms with Gasteiger partial charge < -0.3 is 4.90 Å². The molecule has 1 aromatic heterocycles. The van der Waals surface area contributed by atoms with E-state index in [1.807, 2.05) is 26.2 Å². The summed E-state index contributed by atoms with van der Waals surface area (Å²) in [7, 11) is 0.375. The number of amides is 1. The van der Waals surface area contributed by atoms with Crippen LogP contribution in [0.2, 0.25) is 5.02 Å². The van der Waals surface area contributed by atoms with Crippen LogP contribution in [0.3, 0.4) is 0 Å². The molecule has 1 heterocycles. The summed E-state index contributed by atoms with van der Waals surface area (Å²) in [5.41, 5.74) is 2.06. The Bertz CT molecular complexity index is 1170. The molecule has 0 aliphatic heterocycles. The lowest BCUT2D eigenvalue weighted by atomic mass is 10.2. The van der Waals surface area contributed by atoms with Gasteiger partial charge in [0.15, 0.2) is 15.0 Å². The number of carbonyl (C=O) groups excluding carboxylic acids is 1. The molecule has 0 aliphatic rings. The maximum Gasteiger partial charge on any atom is 0.229 e. The molecule has 172 valence electrons. The molecule has 3 aromatic rings. The Hall–Kier alpha value is -2.00. The van der Waals surface area contributed by atoms with Gasteiger partial charge in [-0.3, -0.25) is 9.69 Å². The largest absolute Gasteiger partial charge is 0.309 e. The first kappa shape index (κ1) is 24.6. The third-order valence-corrected chi connectivity index (χ3v) is 8.15. The third kappa shape index (κ3) is 6.28. The van der Waals surface area contributed by atoms with E-state index in [2.05, 4.69) is 22.9 Å². The number of aryl methyl sites for hydroxylation is 1. The average molecular weight is 494 g/mol. The van der Waals surface area contributed by atoms with E-state index in [0.717, 1.165) is 29.6 Å².